The summed E-state index contributed by atoms with van der Waals surface area (Å²) in [5, 5.41) is 5.59. The van der Waals surface area contributed by atoms with Crippen molar-refractivity contribution in [1.82, 2.24) is 0 Å². The second kappa shape index (κ2) is 10.9. The van der Waals surface area contributed by atoms with Gasteiger partial charge in [-0.25, -0.2) is 0 Å². The third kappa shape index (κ3) is 6.31. The summed E-state index contributed by atoms with van der Waals surface area (Å²) in [4.78, 5) is 24.8. The fraction of sp³-hybridized carbons (Fsp3) is 0.407. The van der Waals surface area contributed by atoms with E-state index < -0.39 is 23.2 Å². The minimum Gasteiger partial charge on any atom is -0.486 e. The number of ether oxygens (including phenoxy) is 3. The van der Waals surface area contributed by atoms with Crippen molar-refractivity contribution in [1.29, 1.82) is 0 Å². The first-order valence-corrected chi connectivity index (χ1v) is 12.0. The molecular weight excluding hydrogens is 489 g/mol. The van der Waals surface area contributed by atoms with Gasteiger partial charge in [0.05, 0.1) is 5.56 Å². The highest BCUT2D eigenvalue weighted by atomic mass is 19.4. The smallest absolute Gasteiger partial charge is 0.416 e. The SMILES string of the molecule is COCCC1(CCOC)C/C(=C\C(=O)Nc2ccc3c(c2)NC(=O)CC3)c2ccc(C(F)(F)F)cc2O1. The van der Waals surface area contributed by atoms with Crippen LogP contribution in [-0.4, -0.2) is 44.8 Å². The molecule has 0 bridgehead atoms. The van der Waals surface area contributed by atoms with Gasteiger partial charge in [-0.1, -0.05) is 12.1 Å². The Kier molecular flexibility index (Phi) is 7.89. The predicted molar refractivity (Wildman–Crippen MR) is 132 cm³/mol. The van der Waals surface area contributed by atoms with Crippen molar-refractivity contribution in [3.63, 3.8) is 0 Å². The molecule has 2 aliphatic heterocycles. The van der Waals surface area contributed by atoms with Crippen molar-refractivity contribution in [3.8, 4) is 5.75 Å². The van der Waals surface area contributed by atoms with Crippen molar-refractivity contribution in [2.75, 3.05) is 38.1 Å². The van der Waals surface area contributed by atoms with Crippen molar-refractivity contribution >= 4 is 28.8 Å². The molecule has 2 aromatic rings. The number of nitrogens with one attached hydrogen (secondary N) is 2. The molecule has 0 spiro atoms. The minimum atomic E-state index is -4.54. The number of methoxy groups -OCH3 is 2. The third-order valence-corrected chi connectivity index (χ3v) is 6.60. The molecule has 2 N–H and O–H groups in total. The lowest BCUT2D eigenvalue weighted by molar-refractivity contribution is -0.137. The van der Waals surface area contributed by atoms with Crippen LogP contribution in [-0.2, 0) is 31.7 Å². The summed E-state index contributed by atoms with van der Waals surface area (Å²) in [5.74, 6) is -0.473. The molecule has 0 aliphatic carbocycles. The van der Waals surface area contributed by atoms with E-state index in [2.05, 4.69) is 10.6 Å². The van der Waals surface area contributed by atoms with E-state index in [1.807, 2.05) is 6.07 Å². The monoisotopic (exact) mass is 518 g/mol. The number of aryl methyl sites for hydroxylation is 1. The van der Waals surface area contributed by atoms with E-state index >= 15 is 0 Å². The predicted octanol–water partition coefficient (Wildman–Crippen LogP) is 5.21. The van der Waals surface area contributed by atoms with Crippen molar-refractivity contribution < 1.29 is 37.0 Å². The van der Waals surface area contributed by atoms with Crippen LogP contribution in [0, 0.1) is 0 Å². The summed E-state index contributed by atoms with van der Waals surface area (Å²) in [7, 11) is 3.07. The van der Waals surface area contributed by atoms with Gasteiger partial charge < -0.3 is 24.8 Å². The Bertz CT molecular complexity index is 1200. The largest absolute Gasteiger partial charge is 0.486 e. The number of hydrogen-bond donors (Lipinski definition) is 2. The minimum absolute atomic E-state index is 0.0591. The number of halogens is 3. The second-order valence-corrected chi connectivity index (χ2v) is 9.24. The first-order chi connectivity index (χ1) is 17.6. The quantitative estimate of drug-likeness (QED) is 0.469. The maximum atomic E-state index is 13.4. The molecule has 2 heterocycles. The van der Waals surface area contributed by atoms with Crippen molar-refractivity contribution in [2.24, 2.45) is 0 Å². The van der Waals surface area contributed by atoms with Crippen LogP contribution >= 0.6 is 0 Å². The van der Waals surface area contributed by atoms with E-state index in [9.17, 15) is 22.8 Å². The summed E-state index contributed by atoms with van der Waals surface area (Å²) in [6.45, 7) is 0.636. The van der Waals surface area contributed by atoms with Crippen LogP contribution in [0.3, 0.4) is 0 Å². The van der Waals surface area contributed by atoms with Gasteiger partial charge in [-0.15, -0.1) is 0 Å². The summed E-state index contributed by atoms with van der Waals surface area (Å²) >= 11 is 0. The number of carbonyl (C=O) groups excluding carboxylic acids is 2. The van der Waals surface area contributed by atoms with Gasteiger partial charge in [0, 0.05) is 76.1 Å². The molecule has 2 aromatic carbocycles. The normalized spacial score (nSPS) is 17.4. The average molecular weight is 519 g/mol. The molecule has 7 nitrogen and oxygen atoms in total. The number of fused-ring (bicyclic) bond motifs is 2. The summed E-state index contributed by atoms with van der Waals surface area (Å²) in [6, 6.07) is 8.58. The van der Waals surface area contributed by atoms with Gasteiger partial charge in [-0.05, 0) is 41.8 Å². The molecule has 0 saturated heterocycles. The number of benzene rings is 2. The molecule has 0 unspecified atom stereocenters. The molecule has 0 atom stereocenters. The van der Waals surface area contributed by atoms with Gasteiger partial charge in [-0.3, -0.25) is 9.59 Å². The number of alkyl halides is 3. The maximum absolute atomic E-state index is 13.4. The molecule has 0 fully saturated rings. The summed E-state index contributed by atoms with van der Waals surface area (Å²) in [5.41, 5.74) is 1.35. The molecule has 0 saturated carbocycles. The molecule has 2 aliphatic rings. The van der Waals surface area contributed by atoms with Gasteiger partial charge >= 0.3 is 6.18 Å². The average Bonchev–Trinajstić information content (AvgIpc) is 2.85. The van der Waals surface area contributed by atoms with E-state index in [0.29, 0.717) is 61.4 Å². The fourth-order valence-corrected chi connectivity index (χ4v) is 4.65. The van der Waals surface area contributed by atoms with Crippen LogP contribution in [0.5, 0.6) is 5.75 Å². The molecule has 4 rings (SSSR count). The first-order valence-electron chi connectivity index (χ1n) is 12.0. The number of amides is 2. The topological polar surface area (TPSA) is 85.9 Å². The van der Waals surface area contributed by atoms with E-state index in [1.54, 1.807) is 12.1 Å². The molecule has 0 radical (unpaired) electrons. The molecule has 2 amide bonds. The van der Waals surface area contributed by atoms with E-state index in [0.717, 1.165) is 17.7 Å². The van der Waals surface area contributed by atoms with Crippen molar-refractivity contribution in [3.05, 3.63) is 59.2 Å². The zero-order valence-corrected chi connectivity index (χ0v) is 20.7. The highest BCUT2D eigenvalue weighted by Gasteiger charge is 2.40. The van der Waals surface area contributed by atoms with Gasteiger partial charge in [0.2, 0.25) is 11.8 Å². The van der Waals surface area contributed by atoms with Crippen LogP contribution in [0.2, 0.25) is 0 Å². The van der Waals surface area contributed by atoms with E-state index in [1.165, 1.54) is 26.4 Å². The number of hydrogen-bond acceptors (Lipinski definition) is 5. The lowest BCUT2D eigenvalue weighted by Gasteiger charge is -2.40. The zero-order valence-electron chi connectivity index (χ0n) is 20.7. The van der Waals surface area contributed by atoms with Gasteiger partial charge in [0.25, 0.3) is 0 Å². The summed E-state index contributed by atoms with van der Waals surface area (Å²) in [6.07, 6.45) is -1.04. The third-order valence-electron chi connectivity index (χ3n) is 6.60. The number of anilines is 2. The van der Waals surface area contributed by atoms with Gasteiger partial charge in [0.1, 0.15) is 11.4 Å². The lowest BCUT2D eigenvalue weighted by Crippen LogP contribution is -2.41. The number of rotatable bonds is 8. The van der Waals surface area contributed by atoms with E-state index in [-0.39, 0.29) is 18.1 Å². The van der Waals surface area contributed by atoms with Crippen molar-refractivity contribution in [2.45, 2.75) is 43.9 Å². The Morgan fingerprint density at radius 1 is 1.11 bits per heavy atom. The Morgan fingerprint density at radius 3 is 2.51 bits per heavy atom. The highest BCUT2D eigenvalue weighted by Crippen LogP contribution is 2.45. The zero-order chi connectivity index (χ0) is 26.6. The number of carbonyl (C=O) groups is 2. The Balaban J connectivity index is 1.67. The second-order valence-electron chi connectivity index (χ2n) is 9.24. The molecule has 10 heteroatoms. The molecule has 37 heavy (non-hydrogen) atoms. The fourth-order valence-electron chi connectivity index (χ4n) is 4.65. The van der Waals surface area contributed by atoms with Crippen LogP contribution in [0.15, 0.2) is 42.5 Å². The summed E-state index contributed by atoms with van der Waals surface area (Å²) < 4.78 is 57.0. The van der Waals surface area contributed by atoms with Crippen LogP contribution in [0.4, 0.5) is 24.5 Å². The Labute approximate surface area is 213 Å². The lowest BCUT2D eigenvalue weighted by atomic mass is 9.82. The molecule has 0 aromatic heterocycles. The Morgan fingerprint density at radius 2 is 1.84 bits per heavy atom. The standard InChI is InChI=1S/C27H29F3N2O5/c1-35-11-9-26(10-12-36-2)16-18(21-7-5-19(27(28,29)30)14-23(21)37-26)13-25(34)31-20-6-3-17-4-8-24(33)32-22(17)15-20/h3,5-7,13-15H,4,8-12,16H2,1-2H3,(H,31,34)(H,32,33)/b18-13+. The van der Waals surface area contributed by atoms with Crippen LogP contribution in [0.25, 0.3) is 5.57 Å². The van der Waals surface area contributed by atoms with Crippen LogP contribution in [0.1, 0.15) is 42.4 Å². The van der Waals surface area contributed by atoms with Crippen LogP contribution < -0.4 is 15.4 Å². The van der Waals surface area contributed by atoms with Gasteiger partial charge in [0.15, 0.2) is 0 Å². The molecule has 198 valence electrons. The highest BCUT2D eigenvalue weighted by molar-refractivity contribution is 6.05. The maximum Gasteiger partial charge on any atom is 0.416 e. The van der Waals surface area contributed by atoms with E-state index in [4.69, 9.17) is 14.2 Å². The Hall–Kier alpha value is -3.37. The van der Waals surface area contributed by atoms with Gasteiger partial charge in [-0.2, -0.15) is 13.2 Å². The molecular formula is C27H29F3N2O5. The first kappa shape index (κ1) is 26.7.